The average molecular weight is 293 g/mol. The molecular formula is C11H16FNO3S2. The van der Waals surface area contributed by atoms with Crippen LogP contribution in [0.5, 0.6) is 0 Å². The Morgan fingerprint density at radius 1 is 1.28 bits per heavy atom. The van der Waals surface area contributed by atoms with Gasteiger partial charge in [-0.3, -0.25) is 0 Å². The van der Waals surface area contributed by atoms with E-state index in [0.717, 1.165) is 11.8 Å². The quantitative estimate of drug-likeness (QED) is 0.707. The Hall–Kier alpha value is -0.630. The highest BCUT2D eigenvalue weighted by Gasteiger charge is 2.17. The number of rotatable bonds is 8. The van der Waals surface area contributed by atoms with Crippen LogP contribution >= 0.6 is 11.8 Å². The summed E-state index contributed by atoms with van der Waals surface area (Å²) in [5.41, 5.74) is 0. The van der Waals surface area contributed by atoms with Crippen molar-refractivity contribution in [3.05, 3.63) is 30.1 Å². The summed E-state index contributed by atoms with van der Waals surface area (Å²) < 4.78 is 39.1. The molecule has 0 heterocycles. The Kier molecular flexibility index (Phi) is 6.62. The molecule has 0 aliphatic heterocycles. The summed E-state index contributed by atoms with van der Waals surface area (Å²) in [6.45, 7) is 0.376. The van der Waals surface area contributed by atoms with Crippen LogP contribution < -0.4 is 4.72 Å². The van der Waals surface area contributed by atoms with Crippen molar-refractivity contribution >= 4 is 21.8 Å². The third-order valence-electron chi connectivity index (χ3n) is 2.11. The third-order valence-corrected chi connectivity index (χ3v) is 4.68. The van der Waals surface area contributed by atoms with Gasteiger partial charge in [0.2, 0.25) is 10.0 Å². The van der Waals surface area contributed by atoms with Crippen molar-refractivity contribution < 1.29 is 17.9 Å². The van der Waals surface area contributed by atoms with Crippen LogP contribution in [0, 0.1) is 5.82 Å². The van der Waals surface area contributed by atoms with E-state index in [1.165, 1.54) is 30.0 Å². The minimum absolute atomic E-state index is 0.133. The van der Waals surface area contributed by atoms with Gasteiger partial charge in [-0.1, -0.05) is 12.1 Å². The molecule has 0 radical (unpaired) electrons. The molecule has 1 rings (SSSR count). The van der Waals surface area contributed by atoms with Crippen molar-refractivity contribution in [3.63, 3.8) is 0 Å². The van der Waals surface area contributed by atoms with E-state index in [4.69, 9.17) is 5.11 Å². The van der Waals surface area contributed by atoms with E-state index in [-0.39, 0.29) is 18.0 Å². The largest absolute Gasteiger partial charge is 0.396 e. The fourth-order valence-electron chi connectivity index (χ4n) is 1.26. The minimum atomic E-state index is -3.77. The molecular weight excluding hydrogens is 277 g/mol. The third kappa shape index (κ3) is 4.93. The molecule has 0 unspecified atom stereocenters. The molecule has 0 spiro atoms. The van der Waals surface area contributed by atoms with Gasteiger partial charge in [-0.2, -0.15) is 11.8 Å². The standard InChI is InChI=1S/C11H16FNO3S2/c12-10-4-1-2-5-11(10)18(15,16)13-6-9-17-8-3-7-14/h1-2,4-5,13-14H,3,6-9H2. The fraction of sp³-hybridized carbons (Fsp3) is 0.455. The van der Waals surface area contributed by atoms with Crippen molar-refractivity contribution in [1.29, 1.82) is 0 Å². The first-order chi connectivity index (χ1) is 8.58. The summed E-state index contributed by atoms with van der Waals surface area (Å²) in [5.74, 6) is 0.615. The van der Waals surface area contributed by atoms with Crippen LogP contribution in [-0.4, -0.2) is 38.2 Å². The topological polar surface area (TPSA) is 66.4 Å². The zero-order valence-electron chi connectivity index (χ0n) is 9.80. The van der Waals surface area contributed by atoms with Gasteiger partial charge in [0.25, 0.3) is 0 Å². The zero-order valence-corrected chi connectivity index (χ0v) is 11.4. The van der Waals surface area contributed by atoms with Gasteiger partial charge in [0, 0.05) is 18.9 Å². The SMILES string of the molecule is O=S(=O)(NCCSCCCO)c1ccccc1F. The maximum atomic E-state index is 13.3. The maximum Gasteiger partial charge on any atom is 0.243 e. The predicted octanol–water partition coefficient (Wildman–Crippen LogP) is 1.22. The van der Waals surface area contributed by atoms with Crippen LogP contribution in [0.1, 0.15) is 6.42 Å². The van der Waals surface area contributed by atoms with E-state index in [1.807, 2.05) is 0 Å². The molecule has 0 aliphatic carbocycles. The van der Waals surface area contributed by atoms with E-state index < -0.39 is 15.8 Å². The summed E-state index contributed by atoms with van der Waals surface area (Å²) in [6, 6.07) is 5.27. The van der Waals surface area contributed by atoms with Crippen LogP contribution in [-0.2, 0) is 10.0 Å². The van der Waals surface area contributed by atoms with E-state index in [0.29, 0.717) is 12.2 Å². The summed E-state index contributed by atoms with van der Waals surface area (Å²) in [6.07, 6.45) is 0.685. The Morgan fingerprint density at radius 2 is 2.00 bits per heavy atom. The maximum absolute atomic E-state index is 13.3. The number of benzene rings is 1. The number of hydrogen-bond donors (Lipinski definition) is 2. The highest BCUT2D eigenvalue weighted by molar-refractivity contribution is 7.99. The molecule has 1 aromatic carbocycles. The average Bonchev–Trinajstić information content (AvgIpc) is 2.34. The number of aliphatic hydroxyl groups is 1. The Bertz CT molecular complexity index is 465. The number of aliphatic hydroxyl groups excluding tert-OH is 1. The van der Waals surface area contributed by atoms with Crippen molar-refractivity contribution in [2.45, 2.75) is 11.3 Å². The van der Waals surface area contributed by atoms with Crippen molar-refractivity contribution in [2.24, 2.45) is 0 Å². The van der Waals surface area contributed by atoms with Crippen LogP contribution in [0.15, 0.2) is 29.2 Å². The first kappa shape index (κ1) is 15.4. The van der Waals surface area contributed by atoms with Gasteiger partial charge in [0.15, 0.2) is 0 Å². The zero-order chi connectivity index (χ0) is 13.4. The Morgan fingerprint density at radius 3 is 2.67 bits per heavy atom. The molecule has 0 saturated heterocycles. The Labute approximate surface area is 111 Å². The number of halogens is 1. The van der Waals surface area contributed by atoms with E-state index in [9.17, 15) is 12.8 Å². The molecule has 0 atom stereocenters. The number of nitrogens with one attached hydrogen (secondary N) is 1. The van der Waals surface area contributed by atoms with E-state index in [1.54, 1.807) is 0 Å². The highest BCUT2D eigenvalue weighted by atomic mass is 32.2. The molecule has 102 valence electrons. The van der Waals surface area contributed by atoms with Crippen molar-refractivity contribution in [2.75, 3.05) is 24.7 Å². The first-order valence-corrected chi connectivity index (χ1v) is 8.14. The normalized spacial score (nSPS) is 11.7. The van der Waals surface area contributed by atoms with Crippen molar-refractivity contribution in [1.82, 2.24) is 4.72 Å². The molecule has 0 bridgehead atoms. The van der Waals surface area contributed by atoms with Crippen LogP contribution in [0.2, 0.25) is 0 Å². The first-order valence-electron chi connectivity index (χ1n) is 5.51. The number of sulfonamides is 1. The lowest BCUT2D eigenvalue weighted by Gasteiger charge is -2.07. The molecule has 2 N–H and O–H groups in total. The minimum Gasteiger partial charge on any atom is -0.396 e. The second-order valence-corrected chi connectivity index (χ2v) is 6.48. The smallest absolute Gasteiger partial charge is 0.243 e. The van der Waals surface area contributed by atoms with Gasteiger partial charge in [0.05, 0.1) is 0 Å². The molecule has 0 saturated carbocycles. The lowest BCUT2D eigenvalue weighted by Crippen LogP contribution is -2.26. The lowest BCUT2D eigenvalue weighted by atomic mass is 10.4. The van der Waals surface area contributed by atoms with Gasteiger partial charge in [-0.05, 0) is 24.3 Å². The molecule has 0 aromatic heterocycles. The molecule has 7 heteroatoms. The molecule has 4 nitrogen and oxygen atoms in total. The summed E-state index contributed by atoms with van der Waals surface area (Å²) in [4.78, 5) is -0.328. The second-order valence-electron chi connectivity index (χ2n) is 3.52. The van der Waals surface area contributed by atoms with Crippen LogP contribution in [0.4, 0.5) is 4.39 Å². The monoisotopic (exact) mass is 293 g/mol. The molecule has 0 amide bonds. The molecule has 0 aliphatic rings. The predicted molar refractivity (Wildman–Crippen MR) is 70.6 cm³/mol. The fourth-order valence-corrected chi connectivity index (χ4v) is 3.28. The Balaban J connectivity index is 2.44. The van der Waals surface area contributed by atoms with E-state index in [2.05, 4.69) is 4.72 Å². The summed E-state index contributed by atoms with van der Waals surface area (Å²) in [7, 11) is -3.77. The van der Waals surface area contributed by atoms with Crippen LogP contribution in [0.3, 0.4) is 0 Å². The second kappa shape index (κ2) is 7.73. The number of hydrogen-bond acceptors (Lipinski definition) is 4. The van der Waals surface area contributed by atoms with Gasteiger partial charge in [0.1, 0.15) is 10.7 Å². The summed E-state index contributed by atoms with van der Waals surface area (Å²) in [5, 5.41) is 8.56. The molecule has 1 aromatic rings. The van der Waals surface area contributed by atoms with Gasteiger partial charge in [-0.25, -0.2) is 17.5 Å². The molecule has 18 heavy (non-hydrogen) atoms. The van der Waals surface area contributed by atoms with Gasteiger partial charge < -0.3 is 5.11 Å². The molecule has 0 fully saturated rings. The van der Waals surface area contributed by atoms with Crippen molar-refractivity contribution in [3.8, 4) is 0 Å². The lowest BCUT2D eigenvalue weighted by molar-refractivity contribution is 0.296. The van der Waals surface area contributed by atoms with Crippen LogP contribution in [0.25, 0.3) is 0 Å². The van der Waals surface area contributed by atoms with Gasteiger partial charge >= 0.3 is 0 Å². The van der Waals surface area contributed by atoms with E-state index >= 15 is 0 Å². The summed E-state index contributed by atoms with van der Waals surface area (Å²) >= 11 is 1.54. The number of thioether (sulfide) groups is 1. The van der Waals surface area contributed by atoms with Gasteiger partial charge in [-0.15, -0.1) is 0 Å². The highest BCUT2D eigenvalue weighted by Crippen LogP contribution is 2.13.